The van der Waals surface area contributed by atoms with Crippen molar-refractivity contribution in [3.05, 3.63) is 23.2 Å². The van der Waals surface area contributed by atoms with Gasteiger partial charge in [0.15, 0.2) is 5.76 Å². The Morgan fingerprint density at radius 1 is 1.10 bits per heavy atom. The minimum Gasteiger partial charge on any atom is -0.461 e. The van der Waals surface area contributed by atoms with E-state index in [9.17, 15) is 14.4 Å². The van der Waals surface area contributed by atoms with Crippen LogP contribution < -0.4 is 0 Å². The largest absolute Gasteiger partial charge is 0.461 e. The monoisotopic (exact) mass is 297 g/mol. The van der Waals surface area contributed by atoms with Crippen LogP contribution >= 0.6 is 0 Å². The van der Waals surface area contributed by atoms with Gasteiger partial charge in [-0.3, -0.25) is 14.4 Å². The number of esters is 2. The predicted molar refractivity (Wildman–Crippen MR) is 72.5 cm³/mol. The summed E-state index contributed by atoms with van der Waals surface area (Å²) in [6, 6.07) is 0. The van der Waals surface area contributed by atoms with Gasteiger partial charge in [0, 0.05) is 25.0 Å². The van der Waals surface area contributed by atoms with E-state index in [4.69, 9.17) is 13.9 Å². The lowest BCUT2D eigenvalue weighted by Crippen LogP contribution is -2.22. The molecule has 0 fully saturated rings. The number of rotatable bonds is 7. The molecule has 0 aliphatic carbocycles. The summed E-state index contributed by atoms with van der Waals surface area (Å²) in [7, 11) is 3.51. The lowest BCUT2D eigenvalue weighted by atomic mass is 10.1. The van der Waals surface area contributed by atoms with Crippen LogP contribution in [0.25, 0.3) is 0 Å². The van der Waals surface area contributed by atoms with E-state index in [2.05, 4.69) is 0 Å². The number of likely N-dealkylation sites (N-methyl/N-ethyl adjacent to an activating group) is 1. The lowest BCUT2D eigenvalue weighted by Gasteiger charge is -2.09. The molecule has 21 heavy (non-hydrogen) atoms. The lowest BCUT2D eigenvalue weighted by molar-refractivity contribution is -0.143. The zero-order valence-electron chi connectivity index (χ0n) is 12.6. The number of hydrogen-bond donors (Lipinski definition) is 0. The molecule has 0 saturated carbocycles. The fourth-order valence-electron chi connectivity index (χ4n) is 1.64. The van der Waals surface area contributed by atoms with Gasteiger partial charge in [-0.2, -0.15) is 0 Å². The molecule has 1 aromatic heterocycles. The molecule has 7 heteroatoms. The van der Waals surface area contributed by atoms with Crippen molar-refractivity contribution in [1.82, 2.24) is 4.90 Å². The second-order valence-corrected chi connectivity index (χ2v) is 4.79. The standard InChI is InChI=1S/C14H19NO6/c1-9(16)19-6-11-7-21-14(13(18)5-15(3)4)12(11)8-20-10(2)17/h7H,5-6,8H2,1-4H3. The van der Waals surface area contributed by atoms with Gasteiger partial charge in [-0.05, 0) is 14.1 Å². The summed E-state index contributed by atoms with van der Waals surface area (Å²) in [5.74, 6) is -1.04. The first-order valence-corrected chi connectivity index (χ1v) is 6.35. The minimum atomic E-state index is -0.472. The molecular weight excluding hydrogens is 278 g/mol. The van der Waals surface area contributed by atoms with E-state index in [1.165, 1.54) is 20.1 Å². The zero-order chi connectivity index (χ0) is 16.0. The molecule has 0 unspecified atom stereocenters. The highest BCUT2D eigenvalue weighted by molar-refractivity contribution is 5.96. The Bertz CT molecular complexity index is 532. The van der Waals surface area contributed by atoms with Gasteiger partial charge >= 0.3 is 11.9 Å². The highest BCUT2D eigenvalue weighted by Crippen LogP contribution is 2.21. The molecule has 0 spiro atoms. The molecule has 1 heterocycles. The fraction of sp³-hybridized carbons (Fsp3) is 0.500. The van der Waals surface area contributed by atoms with E-state index in [-0.39, 0.29) is 31.3 Å². The molecule has 0 aliphatic heterocycles. The summed E-state index contributed by atoms with van der Waals surface area (Å²) in [5.41, 5.74) is 0.937. The van der Waals surface area contributed by atoms with Crippen molar-refractivity contribution in [3.63, 3.8) is 0 Å². The summed E-state index contributed by atoms with van der Waals surface area (Å²) in [5, 5.41) is 0. The second kappa shape index (κ2) is 7.58. The SMILES string of the molecule is CC(=O)OCc1coc(C(=O)CN(C)C)c1COC(C)=O. The molecule has 1 aromatic rings. The molecule has 0 aliphatic rings. The first kappa shape index (κ1) is 16.9. The quantitative estimate of drug-likeness (QED) is 0.551. The highest BCUT2D eigenvalue weighted by Gasteiger charge is 2.22. The van der Waals surface area contributed by atoms with Crippen molar-refractivity contribution in [1.29, 1.82) is 0 Å². The van der Waals surface area contributed by atoms with E-state index < -0.39 is 11.9 Å². The van der Waals surface area contributed by atoms with E-state index in [0.717, 1.165) is 0 Å². The number of Topliss-reactive ketones (excluding diaryl/α,β-unsaturated/α-hetero) is 1. The topological polar surface area (TPSA) is 86.1 Å². The van der Waals surface area contributed by atoms with Gasteiger partial charge < -0.3 is 18.8 Å². The molecule has 1 rings (SSSR count). The van der Waals surface area contributed by atoms with Gasteiger partial charge in [-0.1, -0.05) is 0 Å². The van der Waals surface area contributed by atoms with Gasteiger partial charge in [0.1, 0.15) is 13.2 Å². The first-order chi connectivity index (χ1) is 9.81. The highest BCUT2D eigenvalue weighted by atomic mass is 16.5. The maximum Gasteiger partial charge on any atom is 0.302 e. The van der Waals surface area contributed by atoms with Crippen LogP contribution in [-0.2, 0) is 32.3 Å². The molecule has 0 radical (unpaired) electrons. The molecule has 0 amide bonds. The number of nitrogens with zero attached hydrogens (tertiary/aromatic N) is 1. The van der Waals surface area contributed by atoms with Crippen LogP contribution in [0.3, 0.4) is 0 Å². The van der Waals surface area contributed by atoms with Crippen LogP contribution in [0.4, 0.5) is 0 Å². The molecule has 0 N–H and O–H groups in total. The van der Waals surface area contributed by atoms with Gasteiger partial charge in [0.25, 0.3) is 0 Å². The Labute approximate surface area is 122 Å². The number of hydrogen-bond acceptors (Lipinski definition) is 7. The molecule has 0 aromatic carbocycles. The summed E-state index contributed by atoms with van der Waals surface area (Å²) in [4.78, 5) is 35.6. The fourth-order valence-corrected chi connectivity index (χ4v) is 1.64. The molecule has 7 nitrogen and oxygen atoms in total. The van der Waals surface area contributed by atoms with Crippen molar-refractivity contribution in [2.45, 2.75) is 27.1 Å². The van der Waals surface area contributed by atoms with E-state index in [0.29, 0.717) is 11.1 Å². The second-order valence-electron chi connectivity index (χ2n) is 4.79. The predicted octanol–water partition coefficient (Wildman–Crippen LogP) is 1.15. The number of furan rings is 1. The van der Waals surface area contributed by atoms with Crippen LogP contribution in [0.15, 0.2) is 10.7 Å². The molecule has 0 saturated heterocycles. The van der Waals surface area contributed by atoms with Gasteiger partial charge in [0.2, 0.25) is 5.78 Å². The summed E-state index contributed by atoms with van der Waals surface area (Å²) in [6.45, 7) is 2.58. The van der Waals surface area contributed by atoms with Gasteiger partial charge in [0.05, 0.1) is 12.8 Å². The number of ketones is 1. The van der Waals surface area contributed by atoms with Crippen molar-refractivity contribution in [2.24, 2.45) is 0 Å². The van der Waals surface area contributed by atoms with E-state index in [1.807, 2.05) is 0 Å². The Balaban J connectivity index is 2.97. The number of ether oxygens (including phenoxy) is 2. The molecule has 0 atom stereocenters. The maximum absolute atomic E-state index is 12.1. The first-order valence-electron chi connectivity index (χ1n) is 6.35. The Morgan fingerprint density at radius 2 is 1.67 bits per heavy atom. The molecule has 0 bridgehead atoms. The van der Waals surface area contributed by atoms with Crippen molar-refractivity contribution in [2.75, 3.05) is 20.6 Å². The summed E-state index contributed by atoms with van der Waals surface area (Å²) < 4.78 is 15.1. The number of carbonyl (C=O) groups excluding carboxylic acids is 3. The van der Waals surface area contributed by atoms with Crippen LogP contribution in [0.1, 0.15) is 35.5 Å². The third-order valence-electron chi connectivity index (χ3n) is 2.54. The smallest absolute Gasteiger partial charge is 0.302 e. The normalized spacial score (nSPS) is 10.5. The number of carbonyl (C=O) groups is 3. The summed E-state index contributed by atoms with van der Waals surface area (Å²) in [6.07, 6.45) is 1.34. The van der Waals surface area contributed by atoms with Gasteiger partial charge in [-0.25, -0.2) is 0 Å². The minimum absolute atomic E-state index is 0.0370. The maximum atomic E-state index is 12.1. The van der Waals surface area contributed by atoms with Crippen molar-refractivity contribution < 1.29 is 28.3 Å². The Hall–Kier alpha value is -2.15. The van der Waals surface area contributed by atoms with E-state index in [1.54, 1.807) is 19.0 Å². The Morgan fingerprint density at radius 3 is 2.19 bits per heavy atom. The van der Waals surface area contributed by atoms with Crippen LogP contribution in [-0.4, -0.2) is 43.3 Å². The average Bonchev–Trinajstić information content (AvgIpc) is 2.75. The van der Waals surface area contributed by atoms with Crippen molar-refractivity contribution >= 4 is 17.7 Å². The third kappa shape index (κ3) is 5.39. The van der Waals surface area contributed by atoms with Crippen molar-refractivity contribution in [3.8, 4) is 0 Å². The third-order valence-corrected chi connectivity index (χ3v) is 2.54. The molecular formula is C14H19NO6. The van der Waals surface area contributed by atoms with Crippen LogP contribution in [0.2, 0.25) is 0 Å². The Kier molecular flexibility index (Phi) is 6.10. The zero-order valence-corrected chi connectivity index (χ0v) is 12.6. The average molecular weight is 297 g/mol. The summed E-state index contributed by atoms with van der Waals surface area (Å²) >= 11 is 0. The van der Waals surface area contributed by atoms with Crippen LogP contribution in [0, 0.1) is 0 Å². The van der Waals surface area contributed by atoms with E-state index >= 15 is 0 Å². The van der Waals surface area contributed by atoms with Gasteiger partial charge in [-0.15, -0.1) is 0 Å². The molecule has 116 valence electrons. The van der Waals surface area contributed by atoms with Crippen LogP contribution in [0.5, 0.6) is 0 Å².